The van der Waals surface area contributed by atoms with Crippen LogP contribution in [0.4, 0.5) is 4.39 Å². The maximum absolute atomic E-state index is 13.2. The summed E-state index contributed by atoms with van der Waals surface area (Å²) in [5.74, 6) is -0.959. The number of thiocarbonyl (C=S) groups is 1. The molecule has 0 fully saturated rings. The van der Waals surface area contributed by atoms with Crippen molar-refractivity contribution in [3.05, 3.63) is 39.5 Å². The van der Waals surface area contributed by atoms with Gasteiger partial charge in [-0.05, 0) is 30.0 Å². The van der Waals surface area contributed by atoms with E-state index in [1.54, 1.807) is 11.5 Å². The predicted octanol–water partition coefficient (Wildman–Crippen LogP) is 0.648. The molecule has 88 valence electrons. The first-order valence-electron chi connectivity index (χ1n) is 4.07. The number of isothiocyanates is 1. The second-order valence-electron chi connectivity index (χ2n) is 2.52. The van der Waals surface area contributed by atoms with Crippen molar-refractivity contribution in [3.63, 3.8) is 0 Å². The third-order valence-electron chi connectivity index (χ3n) is 1.50. The van der Waals surface area contributed by atoms with E-state index in [-0.39, 0.29) is 68.5 Å². The summed E-state index contributed by atoms with van der Waals surface area (Å²) in [7, 11) is 0. The van der Waals surface area contributed by atoms with Gasteiger partial charge in [0.05, 0.1) is 11.3 Å². The van der Waals surface area contributed by atoms with Gasteiger partial charge in [-0.25, -0.2) is 4.39 Å². The van der Waals surface area contributed by atoms with Gasteiger partial charge in [-0.2, -0.15) is 10.4 Å². The van der Waals surface area contributed by atoms with Gasteiger partial charge >= 0.3 is 51.4 Å². The summed E-state index contributed by atoms with van der Waals surface area (Å²) in [5, 5.41) is 18.5. The van der Waals surface area contributed by atoms with E-state index in [1.807, 2.05) is 0 Å². The van der Waals surface area contributed by atoms with Crippen LogP contribution in [0.25, 0.3) is 5.41 Å². The van der Waals surface area contributed by atoms with Gasteiger partial charge < -0.3 is 5.41 Å². The normalized spacial score (nSPS) is 7.83. The molecule has 0 aliphatic carbocycles. The second kappa shape index (κ2) is 12.6. The molecule has 18 heavy (non-hydrogen) atoms. The first kappa shape index (κ1) is 20.9. The summed E-state index contributed by atoms with van der Waals surface area (Å²) in [5.41, 5.74) is 0.0240. The zero-order valence-electron chi connectivity index (χ0n) is 9.31. The van der Waals surface area contributed by atoms with Gasteiger partial charge in [0.25, 0.3) is 0 Å². The molecular formula is C10H5BrFKN2OS2. The van der Waals surface area contributed by atoms with E-state index in [0.717, 1.165) is 11.8 Å². The number of thiocyanates is 1. The van der Waals surface area contributed by atoms with Crippen LogP contribution >= 0.6 is 39.9 Å². The number of nitrogens with zero attached hydrogens (tertiary/aromatic N) is 2. The number of halogens is 2. The minimum absolute atomic E-state index is 0. The molecule has 1 rings (SSSR count). The van der Waals surface area contributed by atoms with E-state index in [9.17, 15) is 9.18 Å². The van der Waals surface area contributed by atoms with Crippen LogP contribution in [-0.2, 0) is 0 Å². The number of hydrogen-bond acceptors (Lipinski definition) is 4. The molecule has 0 spiro atoms. The van der Waals surface area contributed by atoms with Crippen LogP contribution in [-0.4, -0.2) is 16.7 Å². The molecule has 0 N–H and O–H groups in total. The molecule has 8 heteroatoms. The van der Waals surface area contributed by atoms with Crippen LogP contribution in [0.2, 0.25) is 0 Å². The molecule has 1 aromatic carbocycles. The Kier molecular flexibility index (Phi) is 14.6. The molecule has 0 saturated carbocycles. The van der Waals surface area contributed by atoms with Crippen LogP contribution in [0.3, 0.4) is 0 Å². The molecule has 3 nitrogen and oxygen atoms in total. The number of Topliss-reactive ketones (excluding diaryl/α,β-unsaturated/α-hetero) is 1. The van der Waals surface area contributed by atoms with Crippen molar-refractivity contribution in [1.29, 1.82) is 5.26 Å². The van der Waals surface area contributed by atoms with E-state index in [4.69, 9.17) is 10.7 Å². The molecule has 0 unspecified atom stereocenters. The van der Waals surface area contributed by atoms with Crippen molar-refractivity contribution in [2.75, 3.05) is 5.75 Å². The van der Waals surface area contributed by atoms with Crippen molar-refractivity contribution in [1.82, 2.24) is 0 Å². The summed E-state index contributed by atoms with van der Waals surface area (Å²) < 4.78 is 13.8. The molecule has 0 bridgehead atoms. The number of nitriles is 1. The van der Waals surface area contributed by atoms with Crippen molar-refractivity contribution in [2.24, 2.45) is 0 Å². The van der Waals surface area contributed by atoms with E-state index in [1.165, 1.54) is 17.3 Å². The fraction of sp³-hybridized carbons (Fsp3) is 0.100. The minimum atomic E-state index is -0.567. The van der Waals surface area contributed by atoms with E-state index < -0.39 is 5.82 Å². The van der Waals surface area contributed by atoms with Gasteiger partial charge in [0.15, 0.2) is 5.78 Å². The first-order chi connectivity index (χ1) is 8.06. The molecule has 0 heterocycles. The summed E-state index contributed by atoms with van der Waals surface area (Å²) in [4.78, 5) is 11.3. The Bertz CT molecular complexity index is 487. The van der Waals surface area contributed by atoms with Crippen LogP contribution in [0.5, 0.6) is 0 Å². The Morgan fingerprint density at radius 3 is 2.61 bits per heavy atom. The fourth-order valence-electron chi connectivity index (χ4n) is 0.891. The number of thioether (sulfide) groups is 1. The van der Waals surface area contributed by atoms with Crippen molar-refractivity contribution in [3.8, 4) is 5.40 Å². The molecule has 0 aromatic heterocycles. The average Bonchev–Trinajstić information content (AvgIpc) is 2.27. The number of benzene rings is 1. The summed E-state index contributed by atoms with van der Waals surface area (Å²) in [6.45, 7) is 0. The monoisotopic (exact) mass is 370 g/mol. The number of hydrogen-bond donors (Lipinski definition) is 0. The Balaban J connectivity index is 0. The molecule has 0 aliphatic rings. The largest absolute Gasteiger partial charge is 1.00 e. The smallest absolute Gasteiger partial charge is 0.753 e. The van der Waals surface area contributed by atoms with Crippen LogP contribution < -0.4 is 51.4 Å². The van der Waals surface area contributed by atoms with Gasteiger partial charge in [-0.3, -0.25) is 4.79 Å². The fourth-order valence-corrected chi connectivity index (χ4v) is 1.58. The zero-order chi connectivity index (χ0) is 13.3. The van der Waals surface area contributed by atoms with E-state index in [2.05, 4.69) is 28.1 Å². The average molecular weight is 371 g/mol. The molecule has 0 radical (unpaired) electrons. The Hall–Kier alpha value is 0.576. The van der Waals surface area contributed by atoms with Gasteiger partial charge in [0, 0.05) is 4.47 Å². The van der Waals surface area contributed by atoms with Gasteiger partial charge in [-0.1, -0.05) is 28.1 Å². The molecule has 0 saturated heterocycles. The third kappa shape index (κ3) is 8.64. The quantitative estimate of drug-likeness (QED) is 0.257. The van der Waals surface area contributed by atoms with Crippen molar-refractivity contribution < 1.29 is 60.6 Å². The Labute approximate surface area is 165 Å². The van der Waals surface area contributed by atoms with Crippen molar-refractivity contribution in [2.45, 2.75) is 0 Å². The van der Waals surface area contributed by atoms with Crippen LogP contribution in [0.1, 0.15) is 10.4 Å². The first-order valence-corrected chi connectivity index (χ1v) is 6.25. The van der Waals surface area contributed by atoms with Crippen molar-refractivity contribution >= 4 is 50.9 Å². The number of carbonyl (C=O) groups excluding carboxylic acids is 1. The van der Waals surface area contributed by atoms with Crippen LogP contribution in [0.15, 0.2) is 22.7 Å². The zero-order valence-corrected chi connectivity index (χ0v) is 15.7. The second-order valence-corrected chi connectivity index (χ2v) is 4.38. The molecule has 0 aliphatic heterocycles. The predicted molar refractivity (Wildman–Crippen MR) is 72.5 cm³/mol. The summed E-state index contributed by atoms with van der Waals surface area (Å²) in [6.07, 6.45) is 0. The number of carbonyl (C=O) groups is 1. The number of ketones is 1. The Morgan fingerprint density at radius 1 is 1.61 bits per heavy atom. The summed E-state index contributed by atoms with van der Waals surface area (Å²) in [6, 6.07) is 4.22. The number of rotatable bonds is 3. The maximum Gasteiger partial charge on any atom is 1.00 e. The summed E-state index contributed by atoms with van der Waals surface area (Å²) >= 11 is 7.59. The van der Waals surface area contributed by atoms with Crippen LogP contribution in [0, 0.1) is 16.5 Å². The minimum Gasteiger partial charge on any atom is -0.753 e. The Morgan fingerprint density at radius 2 is 2.17 bits per heavy atom. The van der Waals surface area contributed by atoms with E-state index in [0.29, 0.717) is 4.47 Å². The maximum atomic E-state index is 13.2. The van der Waals surface area contributed by atoms with Gasteiger partial charge in [0.1, 0.15) is 11.2 Å². The topological polar surface area (TPSA) is 63.2 Å². The molecule has 1 aromatic rings. The third-order valence-corrected chi connectivity index (χ3v) is 2.53. The SMILES string of the molecule is N#CSCC(=O)c1ccc(Br)cc1F.[K+].[N-]=C=S. The molecule has 0 atom stereocenters. The molecular weight excluding hydrogens is 366 g/mol. The van der Waals surface area contributed by atoms with E-state index >= 15 is 0 Å². The molecule has 0 amide bonds. The standard InChI is InChI=1S/C9H5BrFNOS.CNS.K/c10-6-1-2-7(8(11)3-6)9(13)4-14-5-12;2-1-3;/h1-3H,4H2;;/q;-1;+1. The van der Waals surface area contributed by atoms with Gasteiger partial charge in [0.2, 0.25) is 0 Å². The van der Waals surface area contributed by atoms with Gasteiger partial charge in [-0.15, -0.1) is 0 Å².